The van der Waals surface area contributed by atoms with E-state index in [0.29, 0.717) is 28.8 Å². The number of hydrogen-bond donors (Lipinski definition) is 3. The average Bonchev–Trinajstić information content (AvgIpc) is 3.45. The highest BCUT2D eigenvalue weighted by Gasteiger charge is 2.45. The predicted octanol–water partition coefficient (Wildman–Crippen LogP) is 0.140. The second kappa shape index (κ2) is 6.75. The van der Waals surface area contributed by atoms with Crippen LogP contribution in [0.3, 0.4) is 0 Å². The zero-order valence-electron chi connectivity index (χ0n) is 15.5. The number of nitrogens with two attached hydrogens (primary N) is 1. The van der Waals surface area contributed by atoms with Gasteiger partial charge in [0.2, 0.25) is 0 Å². The Balaban J connectivity index is 1.46. The molecule has 0 amide bonds. The molecule has 12 heteroatoms. The lowest BCUT2D eigenvalue weighted by molar-refractivity contribution is -0.759. The van der Waals surface area contributed by atoms with E-state index in [2.05, 4.69) is 14.8 Å². The molecule has 2 saturated carbocycles. The lowest BCUT2D eigenvalue weighted by Crippen LogP contribution is -2.34. The Bertz CT molecular complexity index is 952. The lowest BCUT2D eigenvalue weighted by Gasteiger charge is -2.21. The van der Waals surface area contributed by atoms with Gasteiger partial charge >= 0.3 is 0 Å². The highest BCUT2D eigenvalue weighted by atomic mass is 17.0. The van der Waals surface area contributed by atoms with Gasteiger partial charge in [0, 0.05) is 5.92 Å². The van der Waals surface area contributed by atoms with E-state index in [0.717, 1.165) is 6.42 Å². The van der Waals surface area contributed by atoms with Gasteiger partial charge in [0.25, 0.3) is 5.09 Å². The normalized spacial score (nSPS) is 36.1. The van der Waals surface area contributed by atoms with Crippen LogP contribution in [-0.2, 0) is 9.57 Å². The van der Waals surface area contributed by atoms with Crippen LogP contribution in [-0.4, -0.2) is 59.7 Å². The highest BCUT2D eigenvalue weighted by Crippen LogP contribution is 2.52. The van der Waals surface area contributed by atoms with Gasteiger partial charge in [-0.3, -0.25) is 4.57 Å². The van der Waals surface area contributed by atoms with Gasteiger partial charge in [0.1, 0.15) is 36.3 Å². The van der Waals surface area contributed by atoms with Gasteiger partial charge < -0.3 is 25.5 Å². The third kappa shape index (κ3) is 2.98. The first-order valence-electron chi connectivity index (χ1n) is 9.71. The van der Waals surface area contributed by atoms with Crippen molar-refractivity contribution in [2.45, 2.75) is 56.1 Å². The van der Waals surface area contributed by atoms with Crippen LogP contribution >= 0.6 is 0 Å². The average molecular weight is 406 g/mol. The zero-order chi connectivity index (χ0) is 20.3. The molecule has 0 aromatic carbocycles. The molecule has 3 unspecified atom stereocenters. The number of anilines is 1. The molecule has 156 valence electrons. The fourth-order valence-electron chi connectivity index (χ4n) is 5.10. The van der Waals surface area contributed by atoms with Crippen molar-refractivity contribution in [1.82, 2.24) is 19.5 Å². The highest BCUT2D eigenvalue weighted by molar-refractivity contribution is 5.81. The largest absolute Gasteiger partial charge is 0.387 e. The van der Waals surface area contributed by atoms with Crippen molar-refractivity contribution in [1.29, 1.82) is 0 Å². The number of aliphatic hydroxyl groups is 2. The fraction of sp³-hybridized carbons (Fsp3) is 0.706. The first-order valence-corrected chi connectivity index (χ1v) is 9.71. The molecule has 2 aromatic heterocycles. The summed E-state index contributed by atoms with van der Waals surface area (Å²) in [5.41, 5.74) is 6.92. The molecule has 1 aliphatic heterocycles. The van der Waals surface area contributed by atoms with E-state index >= 15 is 0 Å². The molecule has 3 fully saturated rings. The summed E-state index contributed by atoms with van der Waals surface area (Å²) < 4.78 is 7.13. The number of aromatic nitrogens is 4. The lowest BCUT2D eigenvalue weighted by atomic mass is 9.88. The van der Waals surface area contributed by atoms with Gasteiger partial charge in [-0.2, -0.15) is 0 Å². The monoisotopic (exact) mass is 406 g/mol. The van der Waals surface area contributed by atoms with E-state index in [4.69, 9.17) is 15.5 Å². The third-order valence-corrected chi connectivity index (χ3v) is 6.49. The third-order valence-electron chi connectivity index (χ3n) is 6.49. The molecular formula is C17H22N6O6. The number of rotatable bonds is 5. The van der Waals surface area contributed by atoms with Crippen molar-refractivity contribution in [3.63, 3.8) is 0 Å². The zero-order valence-corrected chi connectivity index (χ0v) is 15.5. The van der Waals surface area contributed by atoms with Gasteiger partial charge in [-0.25, -0.2) is 15.0 Å². The van der Waals surface area contributed by atoms with Crippen molar-refractivity contribution in [2.75, 3.05) is 12.3 Å². The molecule has 12 nitrogen and oxygen atoms in total. The number of aliphatic hydroxyl groups excluding tert-OH is 2. The van der Waals surface area contributed by atoms with Gasteiger partial charge in [-0.15, -0.1) is 10.1 Å². The first-order chi connectivity index (χ1) is 13.9. The Labute approximate surface area is 164 Å². The summed E-state index contributed by atoms with van der Waals surface area (Å²) in [6.45, 7) is -0.498. The van der Waals surface area contributed by atoms with E-state index in [1.807, 2.05) is 0 Å². The van der Waals surface area contributed by atoms with Crippen molar-refractivity contribution in [2.24, 2.45) is 11.8 Å². The molecule has 29 heavy (non-hydrogen) atoms. The second-order valence-corrected chi connectivity index (χ2v) is 8.14. The summed E-state index contributed by atoms with van der Waals surface area (Å²) in [5, 5.41) is 30.1. The summed E-state index contributed by atoms with van der Waals surface area (Å²) in [4.78, 5) is 28.1. The molecule has 0 radical (unpaired) electrons. The summed E-state index contributed by atoms with van der Waals surface area (Å²) >= 11 is 0. The van der Waals surface area contributed by atoms with Gasteiger partial charge in [-0.05, 0) is 31.1 Å². The predicted molar refractivity (Wildman–Crippen MR) is 96.8 cm³/mol. The number of imidazole rings is 1. The summed E-state index contributed by atoms with van der Waals surface area (Å²) in [6, 6.07) is 0. The topological polar surface area (TPSA) is 172 Å². The molecule has 1 saturated heterocycles. The Morgan fingerprint density at radius 2 is 2.14 bits per heavy atom. The van der Waals surface area contributed by atoms with E-state index in [-0.39, 0.29) is 11.7 Å². The molecule has 7 atom stereocenters. The minimum Gasteiger partial charge on any atom is -0.387 e. The number of nitrogen functional groups attached to an aromatic ring is 1. The maximum absolute atomic E-state index is 10.4. The van der Waals surface area contributed by atoms with Crippen LogP contribution in [0.4, 0.5) is 5.82 Å². The molecule has 0 spiro atoms. The summed E-state index contributed by atoms with van der Waals surface area (Å²) in [6.07, 6.45) is 1.29. The minimum absolute atomic E-state index is 0.255. The molecule has 2 bridgehead atoms. The van der Waals surface area contributed by atoms with Crippen LogP contribution in [0.1, 0.15) is 43.7 Å². The molecule has 2 aromatic rings. The molecular weight excluding hydrogens is 384 g/mol. The molecule has 5 rings (SSSR count). The van der Waals surface area contributed by atoms with Gasteiger partial charge in [0.05, 0.1) is 6.33 Å². The van der Waals surface area contributed by atoms with Gasteiger partial charge in [-0.1, -0.05) is 6.42 Å². The fourth-order valence-corrected chi connectivity index (χ4v) is 5.10. The number of hydrogen-bond acceptors (Lipinski definition) is 10. The van der Waals surface area contributed by atoms with Crippen LogP contribution in [0.2, 0.25) is 0 Å². The molecule has 2 aliphatic carbocycles. The SMILES string of the molecule is Nc1nc(C2CC3CCC2C3)nc2c1ncn2[C@@H]1O[C@H](CO[N+](=O)[O-])[C@@H](O)[C@H]1O. The van der Waals surface area contributed by atoms with Crippen molar-refractivity contribution in [3.05, 3.63) is 22.3 Å². The van der Waals surface area contributed by atoms with E-state index in [1.54, 1.807) is 0 Å². The Morgan fingerprint density at radius 1 is 1.31 bits per heavy atom. The molecule has 3 aliphatic rings. The second-order valence-electron chi connectivity index (χ2n) is 8.14. The number of ether oxygens (including phenoxy) is 1. The minimum atomic E-state index is -1.36. The van der Waals surface area contributed by atoms with Crippen LogP contribution < -0.4 is 5.73 Å². The number of nitrogens with zero attached hydrogens (tertiary/aromatic N) is 5. The smallest absolute Gasteiger partial charge is 0.294 e. The standard InChI is InChI=1S/C17H22N6O6/c18-14-11-16(21-15(20-14)9-4-7-1-2-8(9)3-7)22(6-19-11)17-13(25)12(24)10(29-17)5-28-23(26)27/h6-10,12-13,17,24-25H,1-5H2,(H2,18,20,21)/t7?,8?,9?,10-,12-,13-,17-/m1/s1. The Hall–Kier alpha value is -2.57. The van der Waals surface area contributed by atoms with Crippen molar-refractivity contribution in [3.8, 4) is 0 Å². The Kier molecular flexibility index (Phi) is 4.29. The van der Waals surface area contributed by atoms with E-state index in [1.165, 1.54) is 30.2 Å². The summed E-state index contributed by atoms with van der Waals surface area (Å²) in [5.74, 6) is 2.46. The first kappa shape index (κ1) is 18.5. The van der Waals surface area contributed by atoms with Crippen molar-refractivity contribution >= 4 is 17.0 Å². The quantitative estimate of drug-likeness (QED) is 0.458. The number of fused-ring (bicyclic) bond motifs is 3. The Morgan fingerprint density at radius 3 is 2.83 bits per heavy atom. The van der Waals surface area contributed by atoms with Crippen LogP contribution in [0, 0.1) is 22.0 Å². The molecule has 3 heterocycles. The van der Waals surface area contributed by atoms with E-state index in [9.17, 15) is 20.3 Å². The van der Waals surface area contributed by atoms with Crippen LogP contribution in [0.25, 0.3) is 11.2 Å². The van der Waals surface area contributed by atoms with Gasteiger partial charge in [0.15, 0.2) is 17.7 Å². The molecule has 4 N–H and O–H groups in total. The summed E-state index contributed by atoms with van der Waals surface area (Å²) in [7, 11) is 0. The van der Waals surface area contributed by atoms with E-state index < -0.39 is 36.2 Å². The van der Waals surface area contributed by atoms with Crippen LogP contribution in [0.5, 0.6) is 0 Å². The maximum Gasteiger partial charge on any atom is 0.294 e. The van der Waals surface area contributed by atoms with Crippen LogP contribution in [0.15, 0.2) is 6.33 Å². The maximum atomic E-state index is 10.4. The van der Waals surface area contributed by atoms with Crippen molar-refractivity contribution < 1.29 is 24.9 Å².